The van der Waals surface area contributed by atoms with Gasteiger partial charge < -0.3 is 5.11 Å². The van der Waals surface area contributed by atoms with Crippen LogP contribution in [-0.4, -0.2) is 54.9 Å². The third-order valence-corrected chi connectivity index (χ3v) is 6.33. The van der Waals surface area contributed by atoms with Crippen LogP contribution in [0, 0.1) is 11.3 Å². The minimum absolute atomic E-state index is 0.0781. The fourth-order valence-corrected chi connectivity index (χ4v) is 4.92. The monoisotopic (exact) mass is 290 g/mol. The minimum Gasteiger partial charge on any atom is -0.396 e. The van der Waals surface area contributed by atoms with E-state index >= 15 is 0 Å². The van der Waals surface area contributed by atoms with Crippen LogP contribution in [-0.2, 0) is 10.2 Å². The van der Waals surface area contributed by atoms with Gasteiger partial charge in [-0.15, -0.1) is 0 Å². The lowest BCUT2D eigenvalue weighted by Gasteiger charge is -2.40. The van der Waals surface area contributed by atoms with Crippen LogP contribution in [0.4, 0.5) is 0 Å². The SMILES string of the molecule is CC1(C)CCCN(S(=O)(=O)N2CCC(CO)CC2)C1. The summed E-state index contributed by atoms with van der Waals surface area (Å²) in [5, 5.41) is 9.12. The van der Waals surface area contributed by atoms with Gasteiger partial charge in [-0.1, -0.05) is 13.8 Å². The van der Waals surface area contributed by atoms with Crippen molar-refractivity contribution in [2.75, 3.05) is 32.8 Å². The molecule has 0 aliphatic carbocycles. The Bertz CT molecular complexity index is 400. The van der Waals surface area contributed by atoms with Crippen molar-refractivity contribution in [3.63, 3.8) is 0 Å². The van der Waals surface area contributed by atoms with E-state index < -0.39 is 10.2 Å². The van der Waals surface area contributed by atoms with Crippen LogP contribution >= 0.6 is 0 Å². The van der Waals surface area contributed by atoms with E-state index in [4.69, 9.17) is 5.11 Å². The standard InChI is InChI=1S/C13H26N2O3S/c1-13(2)6-3-7-15(11-13)19(17,18)14-8-4-12(10-16)5-9-14/h12,16H,3-11H2,1-2H3. The molecule has 6 heteroatoms. The van der Waals surface area contributed by atoms with E-state index in [1.807, 2.05) is 0 Å². The Hall–Kier alpha value is -0.170. The van der Waals surface area contributed by atoms with E-state index in [0.29, 0.717) is 26.2 Å². The average molecular weight is 290 g/mol. The van der Waals surface area contributed by atoms with Gasteiger partial charge in [-0.05, 0) is 37.0 Å². The Morgan fingerprint density at radius 3 is 2.32 bits per heavy atom. The number of hydrogen-bond donors (Lipinski definition) is 1. The molecule has 2 aliphatic rings. The van der Waals surface area contributed by atoms with E-state index in [1.54, 1.807) is 8.61 Å². The van der Waals surface area contributed by atoms with Gasteiger partial charge in [0.15, 0.2) is 0 Å². The van der Waals surface area contributed by atoms with Gasteiger partial charge in [0.2, 0.25) is 0 Å². The summed E-state index contributed by atoms with van der Waals surface area (Å²) in [5.74, 6) is 0.268. The summed E-state index contributed by atoms with van der Waals surface area (Å²) >= 11 is 0. The molecule has 0 atom stereocenters. The highest BCUT2D eigenvalue weighted by atomic mass is 32.2. The van der Waals surface area contributed by atoms with E-state index in [2.05, 4.69) is 13.8 Å². The van der Waals surface area contributed by atoms with Crippen molar-refractivity contribution < 1.29 is 13.5 Å². The lowest BCUT2D eigenvalue weighted by Crippen LogP contribution is -2.52. The molecule has 0 aromatic heterocycles. The molecule has 1 N–H and O–H groups in total. The smallest absolute Gasteiger partial charge is 0.281 e. The highest BCUT2D eigenvalue weighted by Crippen LogP contribution is 2.31. The maximum Gasteiger partial charge on any atom is 0.281 e. The van der Waals surface area contributed by atoms with Gasteiger partial charge in [0.1, 0.15) is 0 Å². The molecule has 5 nitrogen and oxygen atoms in total. The maximum absolute atomic E-state index is 12.6. The normalized spacial score (nSPS) is 27.5. The molecular formula is C13H26N2O3S. The topological polar surface area (TPSA) is 60.9 Å². The van der Waals surface area contributed by atoms with Crippen LogP contribution in [0.5, 0.6) is 0 Å². The Morgan fingerprint density at radius 1 is 1.16 bits per heavy atom. The van der Waals surface area contributed by atoms with Gasteiger partial charge in [-0.2, -0.15) is 17.0 Å². The summed E-state index contributed by atoms with van der Waals surface area (Å²) in [7, 11) is -3.30. The molecule has 0 radical (unpaired) electrons. The van der Waals surface area contributed by atoms with Crippen LogP contribution < -0.4 is 0 Å². The van der Waals surface area contributed by atoms with Gasteiger partial charge in [0.05, 0.1) is 0 Å². The number of piperidine rings is 2. The first-order chi connectivity index (χ1) is 8.85. The molecule has 0 unspecified atom stereocenters. The van der Waals surface area contributed by atoms with Crippen LogP contribution in [0.25, 0.3) is 0 Å². The van der Waals surface area contributed by atoms with E-state index in [0.717, 1.165) is 25.7 Å². The molecule has 0 aromatic rings. The molecule has 2 rings (SSSR count). The summed E-state index contributed by atoms with van der Waals surface area (Å²) < 4.78 is 28.5. The Labute approximate surface area is 116 Å². The zero-order valence-electron chi connectivity index (χ0n) is 12.0. The second-order valence-electron chi connectivity index (χ2n) is 6.63. The molecule has 19 heavy (non-hydrogen) atoms. The lowest BCUT2D eigenvalue weighted by molar-refractivity contribution is 0.151. The predicted octanol–water partition coefficient (Wildman–Crippen LogP) is 1.06. The Kier molecular flexibility index (Phi) is 4.55. The van der Waals surface area contributed by atoms with Gasteiger partial charge in [0, 0.05) is 32.8 Å². The summed E-state index contributed by atoms with van der Waals surface area (Å²) in [6.07, 6.45) is 3.57. The number of nitrogens with zero attached hydrogens (tertiary/aromatic N) is 2. The Balaban J connectivity index is 2.02. The van der Waals surface area contributed by atoms with E-state index in [1.165, 1.54) is 0 Å². The third kappa shape index (κ3) is 3.48. The van der Waals surface area contributed by atoms with E-state index in [-0.39, 0.29) is 17.9 Å². The van der Waals surface area contributed by atoms with E-state index in [9.17, 15) is 8.42 Å². The van der Waals surface area contributed by atoms with Crippen molar-refractivity contribution in [3.05, 3.63) is 0 Å². The number of aliphatic hydroxyl groups excluding tert-OH is 1. The molecule has 0 aromatic carbocycles. The second-order valence-corrected chi connectivity index (χ2v) is 8.56. The summed E-state index contributed by atoms with van der Waals surface area (Å²) in [6.45, 7) is 6.79. The van der Waals surface area contributed by atoms with Crippen LogP contribution in [0.3, 0.4) is 0 Å². The maximum atomic E-state index is 12.6. The van der Waals surface area contributed by atoms with Gasteiger partial charge in [-0.3, -0.25) is 0 Å². The molecule has 0 amide bonds. The summed E-state index contributed by atoms with van der Waals surface area (Å²) in [5.41, 5.74) is 0.0781. The van der Waals surface area contributed by atoms with Crippen molar-refractivity contribution in [2.45, 2.75) is 39.5 Å². The Morgan fingerprint density at radius 2 is 1.79 bits per heavy atom. The fraction of sp³-hybridized carbons (Fsp3) is 1.00. The first kappa shape index (κ1) is 15.2. The molecule has 2 fully saturated rings. The number of hydrogen-bond acceptors (Lipinski definition) is 3. The lowest BCUT2D eigenvalue weighted by atomic mass is 9.85. The molecule has 0 saturated carbocycles. The predicted molar refractivity (Wildman–Crippen MR) is 74.9 cm³/mol. The van der Waals surface area contributed by atoms with Crippen molar-refractivity contribution in [1.29, 1.82) is 0 Å². The first-order valence-corrected chi connectivity index (χ1v) is 8.61. The van der Waals surface area contributed by atoms with Crippen molar-refractivity contribution in [1.82, 2.24) is 8.61 Å². The first-order valence-electron chi connectivity index (χ1n) is 7.21. The zero-order chi connectivity index (χ0) is 14.1. The number of aliphatic hydroxyl groups is 1. The third-order valence-electron chi connectivity index (χ3n) is 4.35. The molecular weight excluding hydrogens is 264 g/mol. The van der Waals surface area contributed by atoms with Crippen LogP contribution in [0.1, 0.15) is 39.5 Å². The molecule has 0 spiro atoms. The quantitative estimate of drug-likeness (QED) is 0.845. The molecule has 2 heterocycles. The zero-order valence-corrected chi connectivity index (χ0v) is 12.8. The van der Waals surface area contributed by atoms with Crippen LogP contribution in [0.15, 0.2) is 0 Å². The summed E-state index contributed by atoms with van der Waals surface area (Å²) in [6, 6.07) is 0. The highest BCUT2D eigenvalue weighted by molar-refractivity contribution is 7.86. The van der Waals surface area contributed by atoms with Crippen LogP contribution in [0.2, 0.25) is 0 Å². The summed E-state index contributed by atoms with van der Waals surface area (Å²) in [4.78, 5) is 0. The van der Waals surface area contributed by atoms with Gasteiger partial charge in [0.25, 0.3) is 10.2 Å². The van der Waals surface area contributed by atoms with Gasteiger partial charge in [-0.25, -0.2) is 0 Å². The van der Waals surface area contributed by atoms with Crippen molar-refractivity contribution in [3.8, 4) is 0 Å². The van der Waals surface area contributed by atoms with Crippen molar-refractivity contribution in [2.24, 2.45) is 11.3 Å². The second kappa shape index (κ2) is 5.68. The molecule has 112 valence electrons. The van der Waals surface area contributed by atoms with Crippen molar-refractivity contribution >= 4 is 10.2 Å². The average Bonchev–Trinajstić information content (AvgIpc) is 2.37. The fourth-order valence-electron chi connectivity index (χ4n) is 3.05. The molecule has 2 saturated heterocycles. The molecule has 2 aliphatic heterocycles. The largest absolute Gasteiger partial charge is 0.396 e. The van der Waals surface area contributed by atoms with Gasteiger partial charge >= 0.3 is 0 Å². The molecule has 0 bridgehead atoms. The highest BCUT2D eigenvalue weighted by Gasteiger charge is 2.37. The minimum atomic E-state index is -3.30. The number of rotatable bonds is 3.